The van der Waals surface area contributed by atoms with Gasteiger partial charge in [0.25, 0.3) is 0 Å². The number of nitrogens with one attached hydrogen (secondary N) is 2. The maximum absolute atomic E-state index is 12.2. The molecule has 0 unspecified atom stereocenters. The van der Waals surface area contributed by atoms with E-state index in [0.29, 0.717) is 16.5 Å². The van der Waals surface area contributed by atoms with Crippen LogP contribution < -0.4 is 20.1 Å². The molecular formula is C20H15F3N2O2S. The van der Waals surface area contributed by atoms with Crippen molar-refractivity contribution in [1.29, 1.82) is 0 Å². The van der Waals surface area contributed by atoms with Gasteiger partial charge in [-0.05, 0) is 72.9 Å². The van der Waals surface area contributed by atoms with Crippen molar-refractivity contribution < 1.29 is 22.6 Å². The molecule has 0 aliphatic carbocycles. The van der Waals surface area contributed by atoms with E-state index in [1.807, 2.05) is 30.3 Å². The molecular weight excluding hydrogens is 389 g/mol. The predicted molar refractivity (Wildman–Crippen MR) is 106 cm³/mol. The highest BCUT2D eigenvalue weighted by atomic mass is 32.1. The first kappa shape index (κ1) is 19.5. The summed E-state index contributed by atoms with van der Waals surface area (Å²) in [5.41, 5.74) is 1.26. The Bertz CT molecular complexity index is 915. The number of para-hydroxylation sites is 1. The fraction of sp³-hybridized carbons (Fsp3) is 0.0500. The van der Waals surface area contributed by atoms with Gasteiger partial charge in [-0.15, -0.1) is 13.2 Å². The number of rotatable bonds is 5. The number of alkyl halides is 3. The topological polar surface area (TPSA) is 42.5 Å². The maximum atomic E-state index is 12.2. The molecule has 3 aromatic carbocycles. The van der Waals surface area contributed by atoms with E-state index < -0.39 is 6.36 Å². The lowest BCUT2D eigenvalue weighted by molar-refractivity contribution is -0.274. The Morgan fingerprint density at radius 3 is 1.64 bits per heavy atom. The van der Waals surface area contributed by atoms with Gasteiger partial charge >= 0.3 is 6.36 Å². The minimum absolute atomic E-state index is 0.293. The smallest absolute Gasteiger partial charge is 0.457 e. The Balaban J connectivity index is 1.53. The summed E-state index contributed by atoms with van der Waals surface area (Å²) in [5.74, 6) is 1.11. The average molecular weight is 404 g/mol. The number of hydrogen-bond donors (Lipinski definition) is 2. The van der Waals surface area contributed by atoms with Crippen molar-refractivity contribution in [3.8, 4) is 17.2 Å². The van der Waals surface area contributed by atoms with E-state index in [2.05, 4.69) is 15.4 Å². The van der Waals surface area contributed by atoms with E-state index in [9.17, 15) is 13.2 Å². The van der Waals surface area contributed by atoms with Crippen molar-refractivity contribution in [3.05, 3.63) is 78.9 Å². The van der Waals surface area contributed by atoms with Gasteiger partial charge in [0.05, 0.1) is 0 Å². The van der Waals surface area contributed by atoms with Crippen LogP contribution in [0.25, 0.3) is 0 Å². The monoisotopic (exact) mass is 404 g/mol. The van der Waals surface area contributed by atoms with Gasteiger partial charge in [-0.3, -0.25) is 0 Å². The van der Waals surface area contributed by atoms with Crippen molar-refractivity contribution in [2.24, 2.45) is 0 Å². The average Bonchev–Trinajstić information content (AvgIpc) is 2.65. The molecule has 0 fully saturated rings. The number of ether oxygens (including phenoxy) is 2. The lowest BCUT2D eigenvalue weighted by Crippen LogP contribution is -2.19. The molecule has 0 aliphatic heterocycles. The zero-order valence-electron chi connectivity index (χ0n) is 14.4. The van der Waals surface area contributed by atoms with Crippen molar-refractivity contribution in [3.63, 3.8) is 0 Å². The molecule has 0 saturated carbocycles. The second-order valence-corrected chi connectivity index (χ2v) is 6.00. The second kappa shape index (κ2) is 8.62. The van der Waals surface area contributed by atoms with Crippen LogP contribution in [-0.2, 0) is 0 Å². The summed E-state index contributed by atoms with van der Waals surface area (Å²) in [7, 11) is 0. The summed E-state index contributed by atoms with van der Waals surface area (Å²) >= 11 is 5.21. The van der Waals surface area contributed by atoms with Gasteiger partial charge in [0.15, 0.2) is 5.11 Å². The first-order valence-electron chi connectivity index (χ1n) is 8.14. The van der Waals surface area contributed by atoms with Crippen molar-refractivity contribution >= 4 is 28.7 Å². The molecule has 3 rings (SSSR count). The molecule has 0 spiro atoms. The van der Waals surface area contributed by atoms with Crippen LogP contribution >= 0.6 is 12.2 Å². The molecule has 2 N–H and O–H groups in total. The van der Waals surface area contributed by atoms with Crippen LogP contribution in [-0.4, -0.2) is 11.5 Å². The Hall–Kier alpha value is -3.26. The highest BCUT2D eigenvalue weighted by molar-refractivity contribution is 7.80. The zero-order chi connectivity index (χ0) is 20.0. The van der Waals surface area contributed by atoms with E-state index in [1.165, 1.54) is 24.3 Å². The molecule has 0 aliphatic rings. The summed E-state index contributed by atoms with van der Waals surface area (Å²) in [6, 6.07) is 21.9. The summed E-state index contributed by atoms with van der Waals surface area (Å²) in [4.78, 5) is 0. The SMILES string of the molecule is FC(F)(F)Oc1ccc(NC(=S)Nc2ccc(Oc3ccccc3)cc2)cc1. The van der Waals surface area contributed by atoms with Crippen LogP contribution in [0.5, 0.6) is 17.2 Å². The number of benzene rings is 3. The van der Waals surface area contributed by atoms with Crippen LogP contribution in [0.4, 0.5) is 24.5 Å². The molecule has 0 amide bonds. The maximum Gasteiger partial charge on any atom is 0.573 e. The largest absolute Gasteiger partial charge is 0.573 e. The van der Waals surface area contributed by atoms with Crippen LogP contribution in [0.2, 0.25) is 0 Å². The van der Waals surface area contributed by atoms with Gasteiger partial charge in [0.1, 0.15) is 17.2 Å². The number of halogens is 3. The zero-order valence-corrected chi connectivity index (χ0v) is 15.2. The third-order valence-electron chi connectivity index (χ3n) is 3.44. The van der Waals surface area contributed by atoms with Crippen molar-refractivity contribution in [1.82, 2.24) is 0 Å². The molecule has 0 radical (unpaired) electrons. The van der Waals surface area contributed by atoms with Crippen molar-refractivity contribution in [2.75, 3.05) is 10.6 Å². The highest BCUT2D eigenvalue weighted by Crippen LogP contribution is 2.25. The molecule has 144 valence electrons. The van der Waals surface area contributed by atoms with E-state index in [0.717, 1.165) is 11.4 Å². The number of thiocarbonyl (C=S) groups is 1. The second-order valence-electron chi connectivity index (χ2n) is 5.59. The standard InChI is InChI=1S/C20H15F3N2O2S/c21-20(22,23)27-18-12-8-15(9-13-18)25-19(28)24-14-6-10-17(11-7-14)26-16-4-2-1-3-5-16/h1-13H,(H2,24,25,28). The molecule has 3 aromatic rings. The molecule has 0 saturated heterocycles. The minimum atomic E-state index is -4.72. The van der Waals surface area contributed by atoms with Gasteiger partial charge in [0.2, 0.25) is 0 Å². The Morgan fingerprint density at radius 1 is 0.679 bits per heavy atom. The van der Waals surface area contributed by atoms with Crippen LogP contribution in [0.1, 0.15) is 0 Å². The van der Waals surface area contributed by atoms with Crippen LogP contribution in [0.3, 0.4) is 0 Å². The first-order chi connectivity index (χ1) is 13.4. The Morgan fingerprint density at radius 2 is 1.14 bits per heavy atom. The molecule has 0 heterocycles. The quantitative estimate of drug-likeness (QED) is 0.497. The minimum Gasteiger partial charge on any atom is -0.457 e. The van der Waals surface area contributed by atoms with E-state index in [1.54, 1.807) is 24.3 Å². The van der Waals surface area contributed by atoms with E-state index in [4.69, 9.17) is 17.0 Å². The first-order valence-corrected chi connectivity index (χ1v) is 8.55. The normalized spacial score (nSPS) is 10.8. The van der Waals surface area contributed by atoms with Crippen molar-refractivity contribution in [2.45, 2.75) is 6.36 Å². The summed E-state index contributed by atoms with van der Waals surface area (Å²) in [5, 5.41) is 6.17. The summed E-state index contributed by atoms with van der Waals surface area (Å²) in [6.07, 6.45) is -4.72. The lowest BCUT2D eigenvalue weighted by Gasteiger charge is -2.12. The molecule has 4 nitrogen and oxygen atoms in total. The number of hydrogen-bond acceptors (Lipinski definition) is 3. The number of anilines is 2. The molecule has 0 bridgehead atoms. The lowest BCUT2D eigenvalue weighted by atomic mass is 10.3. The molecule has 0 atom stereocenters. The third kappa shape index (κ3) is 6.17. The predicted octanol–water partition coefficient (Wildman–Crippen LogP) is 6.19. The summed E-state index contributed by atoms with van der Waals surface area (Å²) in [6.45, 7) is 0. The van der Waals surface area contributed by atoms with Gasteiger partial charge in [-0.2, -0.15) is 0 Å². The molecule has 0 aromatic heterocycles. The summed E-state index contributed by atoms with van der Waals surface area (Å²) < 4.78 is 46.0. The fourth-order valence-corrected chi connectivity index (χ4v) is 2.50. The third-order valence-corrected chi connectivity index (χ3v) is 3.64. The molecule has 28 heavy (non-hydrogen) atoms. The van der Waals surface area contributed by atoms with Crippen LogP contribution in [0, 0.1) is 0 Å². The van der Waals surface area contributed by atoms with E-state index in [-0.39, 0.29) is 5.75 Å². The van der Waals surface area contributed by atoms with Gasteiger partial charge in [-0.25, -0.2) is 0 Å². The highest BCUT2D eigenvalue weighted by Gasteiger charge is 2.30. The Kier molecular flexibility index (Phi) is 6.00. The van der Waals surface area contributed by atoms with Gasteiger partial charge < -0.3 is 20.1 Å². The van der Waals surface area contributed by atoms with Gasteiger partial charge in [-0.1, -0.05) is 18.2 Å². The molecule has 8 heteroatoms. The van der Waals surface area contributed by atoms with E-state index >= 15 is 0 Å². The fourth-order valence-electron chi connectivity index (χ4n) is 2.26. The Labute approximate surface area is 164 Å². The van der Waals surface area contributed by atoms with Gasteiger partial charge in [0, 0.05) is 11.4 Å². The van der Waals surface area contributed by atoms with Crippen LogP contribution in [0.15, 0.2) is 78.9 Å².